The van der Waals surface area contributed by atoms with Gasteiger partial charge in [0.15, 0.2) is 0 Å². The van der Waals surface area contributed by atoms with Crippen molar-refractivity contribution in [3.8, 4) is 6.07 Å². The topological polar surface area (TPSA) is 73.1 Å². The Morgan fingerprint density at radius 2 is 2.14 bits per heavy atom. The molecule has 0 saturated heterocycles. The van der Waals surface area contributed by atoms with E-state index < -0.39 is 0 Å². The van der Waals surface area contributed by atoms with Gasteiger partial charge in [0.05, 0.1) is 23.5 Å². The molecule has 2 rings (SSSR count). The molecule has 2 unspecified atom stereocenters. The molecule has 0 aromatic heterocycles. The smallest absolute Gasteiger partial charge is 0.230 e. The number of nitriles is 1. The zero-order chi connectivity index (χ0) is 15.1. The Balaban J connectivity index is 1.68. The summed E-state index contributed by atoms with van der Waals surface area (Å²) in [4.78, 5) is 12.8. The van der Waals surface area contributed by atoms with E-state index in [1.807, 2.05) is 12.1 Å². The highest BCUT2D eigenvalue weighted by Crippen LogP contribution is 2.23. The van der Waals surface area contributed by atoms with E-state index in [1.54, 1.807) is 12.1 Å². The summed E-state index contributed by atoms with van der Waals surface area (Å²) in [5.41, 5.74) is 0.625. The van der Waals surface area contributed by atoms with Gasteiger partial charge in [0.25, 0.3) is 0 Å². The first kappa shape index (κ1) is 15.9. The molecule has 21 heavy (non-hydrogen) atoms. The van der Waals surface area contributed by atoms with Crippen LogP contribution in [-0.2, 0) is 4.79 Å². The van der Waals surface area contributed by atoms with Crippen LogP contribution in [0.1, 0.15) is 31.2 Å². The van der Waals surface area contributed by atoms with E-state index in [0.717, 1.165) is 30.6 Å². The van der Waals surface area contributed by atoms with Crippen molar-refractivity contribution in [3.05, 3.63) is 29.8 Å². The third-order valence-electron chi connectivity index (χ3n) is 3.70. The fourth-order valence-corrected chi connectivity index (χ4v) is 3.26. The van der Waals surface area contributed by atoms with E-state index in [1.165, 1.54) is 11.8 Å². The third-order valence-corrected chi connectivity index (χ3v) is 4.71. The Hall–Kier alpha value is -1.51. The SMILES string of the molecule is N#Cc1ccc(SCC(=O)NCC2CCCC(O)C2)cc1. The number of carbonyl (C=O) groups is 1. The number of amides is 1. The standard InChI is InChI=1S/C16H20N2O2S/c17-9-12-4-6-15(7-5-12)21-11-16(20)18-10-13-2-1-3-14(19)8-13/h4-7,13-14,19H,1-3,8,10-11H2,(H,18,20). The van der Waals surface area contributed by atoms with E-state index in [4.69, 9.17) is 5.26 Å². The van der Waals surface area contributed by atoms with Gasteiger partial charge in [-0.15, -0.1) is 11.8 Å². The average Bonchev–Trinajstić information content (AvgIpc) is 2.51. The maximum Gasteiger partial charge on any atom is 0.230 e. The summed E-state index contributed by atoms with van der Waals surface area (Å²) in [6, 6.07) is 9.29. The molecule has 1 saturated carbocycles. The van der Waals surface area contributed by atoms with E-state index >= 15 is 0 Å². The largest absolute Gasteiger partial charge is 0.393 e. The van der Waals surface area contributed by atoms with E-state index in [9.17, 15) is 9.90 Å². The van der Waals surface area contributed by atoms with Gasteiger partial charge < -0.3 is 10.4 Å². The van der Waals surface area contributed by atoms with E-state index in [2.05, 4.69) is 11.4 Å². The molecule has 1 aromatic rings. The summed E-state index contributed by atoms with van der Waals surface area (Å²) in [6.07, 6.45) is 3.61. The predicted molar refractivity (Wildman–Crippen MR) is 82.9 cm³/mol. The molecule has 0 bridgehead atoms. The Morgan fingerprint density at radius 1 is 1.38 bits per heavy atom. The van der Waals surface area contributed by atoms with Crippen LogP contribution in [0.15, 0.2) is 29.2 Å². The Kier molecular flexibility index (Phi) is 6.09. The van der Waals surface area contributed by atoms with Gasteiger partial charge in [-0.05, 0) is 49.4 Å². The normalized spacial score (nSPS) is 21.5. The number of nitrogens with zero attached hydrogens (tertiary/aromatic N) is 1. The van der Waals surface area contributed by atoms with Crippen LogP contribution in [0.2, 0.25) is 0 Å². The van der Waals surface area contributed by atoms with E-state index in [-0.39, 0.29) is 12.0 Å². The van der Waals surface area contributed by atoms with Crippen LogP contribution >= 0.6 is 11.8 Å². The summed E-state index contributed by atoms with van der Waals surface area (Å²) in [6.45, 7) is 0.657. The quantitative estimate of drug-likeness (QED) is 0.819. The summed E-state index contributed by atoms with van der Waals surface area (Å²) in [5.74, 6) is 0.795. The molecular weight excluding hydrogens is 284 g/mol. The Bertz CT molecular complexity index is 510. The molecule has 2 N–H and O–H groups in total. The number of benzene rings is 1. The lowest BCUT2D eigenvalue weighted by atomic mass is 9.87. The Morgan fingerprint density at radius 3 is 2.81 bits per heavy atom. The molecule has 1 amide bonds. The lowest BCUT2D eigenvalue weighted by molar-refractivity contribution is -0.118. The maximum atomic E-state index is 11.8. The van der Waals surface area contributed by atoms with Gasteiger partial charge in [-0.1, -0.05) is 6.42 Å². The van der Waals surface area contributed by atoms with Crippen molar-refractivity contribution in [1.29, 1.82) is 5.26 Å². The molecule has 1 aliphatic rings. The highest BCUT2D eigenvalue weighted by molar-refractivity contribution is 8.00. The summed E-state index contributed by atoms with van der Waals surface area (Å²) in [7, 11) is 0. The molecule has 5 heteroatoms. The van der Waals surface area contributed by atoms with Crippen LogP contribution in [-0.4, -0.2) is 29.4 Å². The van der Waals surface area contributed by atoms with Crippen molar-refractivity contribution in [2.24, 2.45) is 5.92 Å². The van der Waals surface area contributed by atoms with Gasteiger partial charge in [-0.25, -0.2) is 0 Å². The van der Waals surface area contributed by atoms with Crippen LogP contribution in [0.25, 0.3) is 0 Å². The van der Waals surface area contributed by atoms with Crippen LogP contribution < -0.4 is 5.32 Å². The van der Waals surface area contributed by atoms with Crippen molar-refractivity contribution in [3.63, 3.8) is 0 Å². The molecule has 0 aliphatic heterocycles. The van der Waals surface area contributed by atoms with Gasteiger partial charge in [0.2, 0.25) is 5.91 Å². The van der Waals surface area contributed by atoms with Crippen LogP contribution in [0.5, 0.6) is 0 Å². The molecule has 0 radical (unpaired) electrons. The minimum atomic E-state index is -0.200. The number of rotatable bonds is 5. The Labute approximate surface area is 129 Å². The summed E-state index contributed by atoms with van der Waals surface area (Å²) in [5, 5.41) is 21.3. The lowest BCUT2D eigenvalue weighted by Crippen LogP contribution is -2.33. The number of aliphatic hydroxyl groups excluding tert-OH is 1. The second kappa shape index (κ2) is 8.06. The molecule has 112 valence electrons. The first-order chi connectivity index (χ1) is 10.2. The van der Waals surface area contributed by atoms with Crippen molar-refractivity contribution in [1.82, 2.24) is 5.32 Å². The van der Waals surface area contributed by atoms with Crippen LogP contribution in [0, 0.1) is 17.2 Å². The van der Waals surface area contributed by atoms with Crippen molar-refractivity contribution < 1.29 is 9.90 Å². The number of nitrogens with one attached hydrogen (secondary N) is 1. The van der Waals surface area contributed by atoms with Gasteiger partial charge in [-0.3, -0.25) is 4.79 Å². The number of carbonyl (C=O) groups excluding carboxylic acids is 1. The average molecular weight is 304 g/mol. The fraction of sp³-hybridized carbons (Fsp3) is 0.500. The van der Waals surface area contributed by atoms with Crippen molar-refractivity contribution in [2.75, 3.05) is 12.3 Å². The minimum Gasteiger partial charge on any atom is -0.393 e. The minimum absolute atomic E-state index is 0.0180. The molecule has 1 fully saturated rings. The highest BCUT2D eigenvalue weighted by Gasteiger charge is 2.20. The number of hydrogen-bond donors (Lipinski definition) is 2. The first-order valence-electron chi connectivity index (χ1n) is 7.25. The number of aliphatic hydroxyl groups is 1. The van der Waals surface area contributed by atoms with Crippen molar-refractivity contribution in [2.45, 2.75) is 36.7 Å². The summed E-state index contributed by atoms with van der Waals surface area (Å²) >= 11 is 1.46. The fourth-order valence-electron chi connectivity index (χ4n) is 2.53. The molecule has 4 nitrogen and oxygen atoms in total. The maximum absolute atomic E-state index is 11.8. The monoisotopic (exact) mass is 304 g/mol. The van der Waals surface area contributed by atoms with Crippen LogP contribution in [0.3, 0.4) is 0 Å². The van der Waals surface area contributed by atoms with E-state index in [0.29, 0.717) is 23.8 Å². The summed E-state index contributed by atoms with van der Waals surface area (Å²) < 4.78 is 0. The zero-order valence-corrected chi connectivity index (χ0v) is 12.7. The molecule has 0 spiro atoms. The van der Waals surface area contributed by atoms with Gasteiger partial charge in [0.1, 0.15) is 0 Å². The molecule has 0 heterocycles. The van der Waals surface area contributed by atoms with Crippen LogP contribution in [0.4, 0.5) is 0 Å². The molecular formula is C16H20N2O2S. The number of thioether (sulfide) groups is 1. The lowest BCUT2D eigenvalue weighted by Gasteiger charge is -2.25. The highest BCUT2D eigenvalue weighted by atomic mass is 32.2. The molecule has 1 aromatic carbocycles. The second-order valence-electron chi connectivity index (χ2n) is 5.42. The van der Waals surface area contributed by atoms with Gasteiger partial charge in [0, 0.05) is 11.4 Å². The third kappa shape index (κ3) is 5.41. The second-order valence-corrected chi connectivity index (χ2v) is 6.46. The zero-order valence-electron chi connectivity index (χ0n) is 11.9. The molecule has 1 aliphatic carbocycles. The first-order valence-corrected chi connectivity index (χ1v) is 8.23. The number of hydrogen-bond acceptors (Lipinski definition) is 4. The molecule has 2 atom stereocenters. The van der Waals surface area contributed by atoms with Gasteiger partial charge >= 0.3 is 0 Å². The van der Waals surface area contributed by atoms with Crippen molar-refractivity contribution >= 4 is 17.7 Å². The predicted octanol–water partition coefficient (Wildman–Crippen LogP) is 2.32. The van der Waals surface area contributed by atoms with Gasteiger partial charge in [-0.2, -0.15) is 5.26 Å².